The minimum absolute atomic E-state index is 0.0503. The van der Waals surface area contributed by atoms with Gasteiger partial charge in [0.25, 0.3) is 0 Å². The molecule has 13 nitrogen and oxygen atoms in total. The molecule has 0 radical (unpaired) electrons. The fourth-order valence-corrected chi connectivity index (χ4v) is 8.32. The Morgan fingerprint density at radius 1 is 1.06 bits per heavy atom. The van der Waals surface area contributed by atoms with Gasteiger partial charge in [0.2, 0.25) is 15.9 Å². The van der Waals surface area contributed by atoms with E-state index < -0.39 is 51.7 Å². The van der Waals surface area contributed by atoms with Gasteiger partial charge in [0, 0.05) is 25.4 Å². The van der Waals surface area contributed by atoms with Crippen LogP contribution in [0.25, 0.3) is 11.0 Å². The molecule has 2 heterocycles. The first kappa shape index (κ1) is 37.4. The third-order valence-corrected chi connectivity index (χ3v) is 11.7. The standard InChI is InChI=1S/C37H45N5O8S/c1-7-26-21-41(51(48,49)31-12-10-9-11-30(31)50-26)20-25-19-24(14-13-22(25)3)33(27-15-17-29-34(23(27)4)39-40-42(29)8-2)37(5,6)36(47)38-28(35(45)46)16-18-32(43)44/h9-15,17,19,26,28,33H,7-8,16,18,20-21H2,1-6H3,(H,38,47)(H,43,44)(H,45,46)/t26-,28+,33+/m1/s1. The number of aromatic nitrogens is 3. The number of nitrogens with zero attached hydrogens (tertiary/aromatic N) is 4. The van der Waals surface area contributed by atoms with Crippen LogP contribution in [0.15, 0.2) is 59.5 Å². The number of rotatable bonds is 13. The predicted molar refractivity (Wildman–Crippen MR) is 190 cm³/mol. The molecule has 0 spiro atoms. The molecule has 3 aromatic carbocycles. The Labute approximate surface area is 297 Å². The molecule has 3 N–H and O–H groups in total. The maximum Gasteiger partial charge on any atom is 0.326 e. The molecule has 0 unspecified atom stereocenters. The average molecular weight is 720 g/mol. The fraction of sp³-hybridized carbons (Fsp3) is 0.432. The van der Waals surface area contributed by atoms with Crippen molar-refractivity contribution in [1.29, 1.82) is 0 Å². The van der Waals surface area contributed by atoms with Crippen LogP contribution in [0.5, 0.6) is 5.75 Å². The molecule has 51 heavy (non-hydrogen) atoms. The van der Waals surface area contributed by atoms with E-state index in [0.29, 0.717) is 29.8 Å². The van der Waals surface area contributed by atoms with Gasteiger partial charge in [-0.1, -0.05) is 62.4 Å². The highest BCUT2D eigenvalue weighted by molar-refractivity contribution is 7.89. The van der Waals surface area contributed by atoms with Gasteiger partial charge in [-0.05, 0) is 79.6 Å². The molecule has 0 bridgehead atoms. The summed E-state index contributed by atoms with van der Waals surface area (Å²) in [6.45, 7) is 11.9. The summed E-state index contributed by atoms with van der Waals surface area (Å²) in [6.07, 6.45) is -0.484. The molecule has 0 aliphatic carbocycles. The van der Waals surface area contributed by atoms with Crippen molar-refractivity contribution in [1.82, 2.24) is 24.6 Å². The molecule has 1 aliphatic rings. The molecule has 5 rings (SSSR count). The Bertz CT molecular complexity index is 2080. The van der Waals surface area contributed by atoms with Crippen LogP contribution in [0.3, 0.4) is 0 Å². The van der Waals surface area contributed by atoms with E-state index in [9.17, 15) is 33.0 Å². The minimum Gasteiger partial charge on any atom is -0.488 e. The molecule has 1 aliphatic heterocycles. The summed E-state index contributed by atoms with van der Waals surface area (Å²) < 4.78 is 37.4. The monoisotopic (exact) mass is 719 g/mol. The van der Waals surface area contributed by atoms with Crippen LogP contribution in [-0.4, -0.2) is 74.5 Å². The van der Waals surface area contributed by atoms with Gasteiger partial charge in [-0.2, -0.15) is 4.31 Å². The maximum absolute atomic E-state index is 14.2. The number of carboxylic acids is 2. The molecular formula is C37H45N5O8S. The number of ether oxygens (including phenoxy) is 1. The SMILES string of the molecule is CC[C@@H]1CN(Cc2cc([C@@H](c3ccc4c(nnn4CC)c3C)C(C)(C)C(=O)N[C@@H](CCC(=O)O)C(=O)O)ccc2C)S(=O)(=O)c2ccccc2O1. The van der Waals surface area contributed by atoms with Crippen LogP contribution in [-0.2, 0) is 37.5 Å². The third kappa shape index (κ3) is 7.47. The number of nitrogens with one attached hydrogen (secondary N) is 1. The highest BCUT2D eigenvalue weighted by Gasteiger charge is 2.42. The van der Waals surface area contributed by atoms with Gasteiger partial charge < -0.3 is 20.3 Å². The Morgan fingerprint density at radius 3 is 2.45 bits per heavy atom. The zero-order valence-electron chi connectivity index (χ0n) is 29.7. The second-order valence-corrected chi connectivity index (χ2v) is 15.5. The van der Waals surface area contributed by atoms with Gasteiger partial charge >= 0.3 is 11.9 Å². The molecule has 0 saturated heterocycles. The van der Waals surface area contributed by atoms with Crippen LogP contribution in [0.4, 0.5) is 0 Å². The number of fused-ring (bicyclic) bond motifs is 2. The van der Waals surface area contributed by atoms with Gasteiger partial charge in [-0.15, -0.1) is 5.10 Å². The van der Waals surface area contributed by atoms with E-state index in [2.05, 4.69) is 15.6 Å². The zero-order chi connectivity index (χ0) is 37.2. The minimum atomic E-state index is -3.94. The van der Waals surface area contributed by atoms with Crippen molar-refractivity contribution in [2.75, 3.05) is 6.54 Å². The Balaban J connectivity index is 1.62. The summed E-state index contributed by atoms with van der Waals surface area (Å²) in [5, 5.41) is 30.3. The van der Waals surface area contributed by atoms with Crippen molar-refractivity contribution in [3.05, 3.63) is 82.4 Å². The second-order valence-electron chi connectivity index (χ2n) is 13.6. The van der Waals surface area contributed by atoms with Crippen molar-refractivity contribution in [2.45, 2.75) is 96.9 Å². The number of aryl methyl sites for hydroxylation is 3. The van der Waals surface area contributed by atoms with E-state index in [1.807, 2.05) is 58.0 Å². The number of carbonyl (C=O) groups is 3. The zero-order valence-corrected chi connectivity index (χ0v) is 30.5. The number of benzene rings is 3. The van der Waals surface area contributed by atoms with Crippen LogP contribution in [0, 0.1) is 19.3 Å². The molecule has 14 heteroatoms. The van der Waals surface area contributed by atoms with Crippen molar-refractivity contribution in [2.24, 2.45) is 5.41 Å². The van der Waals surface area contributed by atoms with E-state index in [1.54, 1.807) is 42.8 Å². The average Bonchev–Trinajstić information content (AvgIpc) is 3.47. The summed E-state index contributed by atoms with van der Waals surface area (Å²) in [7, 11) is -3.94. The van der Waals surface area contributed by atoms with E-state index in [0.717, 1.165) is 27.8 Å². The molecule has 1 amide bonds. The quantitative estimate of drug-likeness (QED) is 0.170. The number of carboxylic acid groups (broad SMARTS) is 2. The van der Waals surface area contributed by atoms with Crippen molar-refractivity contribution < 1.29 is 37.8 Å². The number of amides is 1. The number of para-hydroxylation sites is 1. The highest BCUT2D eigenvalue weighted by Crippen LogP contribution is 2.44. The molecule has 0 fully saturated rings. The lowest BCUT2D eigenvalue weighted by atomic mass is 9.69. The predicted octanol–water partition coefficient (Wildman–Crippen LogP) is 5.02. The number of hydrogen-bond donors (Lipinski definition) is 3. The number of carbonyl (C=O) groups excluding carboxylic acids is 1. The number of hydrogen-bond acceptors (Lipinski definition) is 8. The summed E-state index contributed by atoms with van der Waals surface area (Å²) in [6, 6.07) is 14.7. The molecule has 3 atom stereocenters. The summed E-state index contributed by atoms with van der Waals surface area (Å²) in [4.78, 5) is 37.6. The van der Waals surface area contributed by atoms with Crippen LogP contribution in [0.2, 0.25) is 0 Å². The summed E-state index contributed by atoms with van der Waals surface area (Å²) in [5.41, 5.74) is 4.01. The molecular weight excluding hydrogens is 675 g/mol. The number of sulfonamides is 1. The lowest BCUT2D eigenvalue weighted by Crippen LogP contribution is -2.49. The second kappa shape index (κ2) is 14.8. The largest absolute Gasteiger partial charge is 0.488 e. The molecule has 4 aromatic rings. The Hall–Kier alpha value is -4.82. The van der Waals surface area contributed by atoms with Gasteiger partial charge in [0.1, 0.15) is 28.3 Å². The molecule has 0 saturated carbocycles. The van der Waals surface area contributed by atoms with Gasteiger partial charge in [-0.3, -0.25) is 9.59 Å². The van der Waals surface area contributed by atoms with Crippen molar-refractivity contribution >= 4 is 38.9 Å². The lowest BCUT2D eigenvalue weighted by Gasteiger charge is -2.36. The number of aliphatic carboxylic acids is 2. The van der Waals surface area contributed by atoms with Crippen LogP contribution >= 0.6 is 0 Å². The Kier molecular flexibility index (Phi) is 10.9. The summed E-state index contributed by atoms with van der Waals surface area (Å²) in [5.74, 6) is -3.44. The van der Waals surface area contributed by atoms with Crippen LogP contribution in [0.1, 0.15) is 80.7 Å². The normalized spacial score (nSPS) is 17.2. The van der Waals surface area contributed by atoms with E-state index in [-0.39, 0.29) is 30.5 Å². The molecule has 1 aromatic heterocycles. The van der Waals surface area contributed by atoms with Gasteiger partial charge in [0.15, 0.2) is 0 Å². The smallest absolute Gasteiger partial charge is 0.326 e. The fourth-order valence-electron chi connectivity index (χ4n) is 6.75. The summed E-state index contributed by atoms with van der Waals surface area (Å²) >= 11 is 0. The molecule has 272 valence electrons. The van der Waals surface area contributed by atoms with Gasteiger partial charge in [0.05, 0.1) is 17.5 Å². The van der Waals surface area contributed by atoms with E-state index in [4.69, 9.17) is 4.74 Å². The first-order chi connectivity index (χ1) is 24.1. The lowest BCUT2D eigenvalue weighted by molar-refractivity contribution is -0.144. The van der Waals surface area contributed by atoms with Gasteiger partial charge in [-0.25, -0.2) is 17.9 Å². The maximum atomic E-state index is 14.2. The first-order valence-electron chi connectivity index (χ1n) is 17.0. The Morgan fingerprint density at radius 2 is 1.78 bits per heavy atom. The van der Waals surface area contributed by atoms with Crippen LogP contribution < -0.4 is 10.1 Å². The van der Waals surface area contributed by atoms with Crippen molar-refractivity contribution in [3.63, 3.8) is 0 Å². The van der Waals surface area contributed by atoms with E-state index in [1.165, 1.54) is 4.31 Å². The first-order valence-corrected chi connectivity index (χ1v) is 18.5. The highest BCUT2D eigenvalue weighted by atomic mass is 32.2. The van der Waals surface area contributed by atoms with Crippen molar-refractivity contribution in [3.8, 4) is 5.75 Å². The van der Waals surface area contributed by atoms with E-state index >= 15 is 0 Å². The topological polar surface area (TPSA) is 181 Å². The third-order valence-electron chi connectivity index (χ3n) is 9.83.